The summed E-state index contributed by atoms with van der Waals surface area (Å²) in [6, 6.07) is 0. The van der Waals surface area contributed by atoms with Crippen molar-refractivity contribution in [1.82, 2.24) is 9.55 Å². The Morgan fingerprint density at radius 2 is 2.57 bits per heavy atom. The molecule has 0 saturated heterocycles. The average Bonchev–Trinajstić information content (AvgIpc) is 2.58. The summed E-state index contributed by atoms with van der Waals surface area (Å²) in [6.07, 6.45) is 3.54. The number of aromatic nitrogens is 2. The summed E-state index contributed by atoms with van der Waals surface area (Å²) in [5, 5.41) is 0.792. The lowest BCUT2D eigenvalue weighted by Crippen LogP contribution is -2.14. The lowest BCUT2D eigenvalue weighted by atomic mass is 10.7. The number of thioether (sulfide) groups is 1. The molecule has 14 heavy (non-hydrogen) atoms. The second kappa shape index (κ2) is 5.66. The van der Waals surface area contributed by atoms with Crippen molar-refractivity contribution in [1.29, 1.82) is 0 Å². The van der Waals surface area contributed by atoms with E-state index in [1.165, 1.54) is 11.8 Å². The molecular formula is C8H13N3O2S. The highest BCUT2D eigenvalue weighted by molar-refractivity contribution is 7.99. The third-order valence-corrected chi connectivity index (χ3v) is 2.58. The first-order valence-corrected chi connectivity index (χ1v) is 5.13. The monoisotopic (exact) mass is 215 g/mol. The lowest BCUT2D eigenvalue weighted by Gasteiger charge is -2.05. The molecule has 0 aliphatic heterocycles. The number of primary amides is 1. The molecule has 1 aromatic heterocycles. The lowest BCUT2D eigenvalue weighted by molar-refractivity contribution is -0.115. The Kier molecular flexibility index (Phi) is 4.48. The minimum atomic E-state index is -0.337. The second-order valence-electron chi connectivity index (χ2n) is 2.65. The minimum absolute atomic E-state index is 0.254. The predicted molar refractivity (Wildman–Crippen MR) is 54.0 cm³/mol. The predicted octanol–water partition coefficient (Wildman–Crippen LogP) is 0.107. The van der Waals surface area contributed by atoms with Gasteiger partial charge in [0.15, 0.2) is 5.16 Å². The molecule has 0 fully saturated rings. The van der Waals surface area contributed by atoms with Crippen molar-refractivity contribution in [3.05, 3.63) is 12.4 Å². The van der Waals surface area contributed by atoms with Gasteiger partial charge in [-0.2, -0.15) is 0 Å². The number of hydrogen-bond donors (Lipinski definition) is 1. The SMILES string of the molecule is COCCn1ccnc1SCC(N)=O. The van der Waals surface area contributed by atoms with Crippen LogP contribution in [0.1, 0.15) is 0 Å². The highest BCUT2D eigenvalue weighted by Crippen LogP contribution is 2.14. The van der Waals surface area contributed by atoms with E-state index in [0.717, 1.165) is 11.7 Å². The highest BCUT2D eigenvalue weighted by Gasteiger charge is 2.04. The summed E-state index contributed by atoms with van der Waals surface area (Å²) in [5.41, 5.74) is 5.04. The van der Waals surface area contributed by atoms with Crippen LogP contribution in [0.3, 0.4) is 0 Å². The largest absolute Gasteiger partial charge is 0.383 e. The molecule has 0 atom stereocenters. The topological polar surface area (TPSA) is 70.1 Å². The maximum Gasteiger partial charge on any atom is 0.227 e. The van der Waals surface area contributed by atoms with E-state index < -0.39 is 0 Å². The number of amides is 1. The van der Waals surface area contributed by atoms with Gasteiger partial charge in [0.2, 0.25) is 5.91 Å². The van der Waals surface area contributed by atoms with Crippen molar-refractivity contribution < 1.29 is 9.53 Å². The number of ether oxygens (including phenoxy) is 1. The van der Waals surface area contributed by atoms with Gasteiger partial charge in [-0.25, -0.2) is 4.98 Å². The van der Waals surface area contributed by atoms with Gasteiger partial charge >= 0.3 is 0 Å². The Bertz CT molecular complexity index is 301. The molecule has 78 valence electrons. The van der Waals surface area contributed by atoms with Crippen LogP contribution < -0.4 is 5.73 Å². The molecule has 5 nitrogen and oxygen atoms in total. The smallest absolute Gasteiger partial charge is 0.227 e. The Hall–Kier alpha value is -1.01. The van der Waals surface area contributed by atoms with Crippen LogP contribution in [-0.4, -0.2) is 34.9 Å². The second-order valence-corrected chi connectivity index (χ2v) is 3.59. The third kappa shape index (κ3) is 3.39. The van der Waals surface area contributed by atoms with Gasteiger partial charge in [0.25, 0.3) is 0 Å². The Morgan fingerprint density at radius 3 is 3.21 bits per heavy atom. The number of carbonyl (C=O) groups is 1. The number of imidazole rings is 1. The van der Waals surface area contributed by atoms with Crippen LogP contribution in [-0.2, 0) is 16.1 Å². The van der Waals surface area contributed by atoms with Crippen LogP contribution in [0.5, 0.6) is 0 Å². The molecule has 0 bridgehead atoms. The maximum absolute atomic E-state index is 10.6. The average molecular weight is 215 g/mol. The van der Waals surface area contributed by atoms with E-state index in [1.807, 2.05) is 10.8 Å². The molecule has 0 aliphatic rings. The number of methoxy groups -OCH3 is 1. The van der Waals surface area contributed by atoms with Gasteiger partial charge < -0.3 is 15.0 Å². The zero-order valence-electron chi connectivity index (χ0n) is 7.97. The summed E-state index contributed by atoms with van der Waals surface area (Å²) in [5.74, 6) is -0.0828. The van der Waals surface area contributed by atoms with E-state index in [4.69, 9.17) is 10.5 Å². The van der Waals surface area contributed by atoms with Crippen LogP contribution in [0.25, 0.3) is 0 Å². The molecule has 0 aliphatic carbocycles. The van der Waals surface area contributed by atoms with Crippen LogP contribution in [0.4, 0.5) is 0 Å². The summed E-state index contributed by atoms with van der Waals surface area (Å²) in [7, 11) is 1.65. The van der Waals surface area contributed by atoms with Gasteiger partial charge in [0.05, 0.1) is 12.4 Å². The molecule has 2 N–H and O–H groups in total. The number of hydrogen-bond acceptors (Lipinski definition) is 4. The maximum atomic E-state index is 10.6. The number of carbonyl (C=O) groups excluding carboxylic acids is 1. The highest BCUT2D eigenvalue weighted by atomic mass is 32.2. The molecule has 1 rings (SSSR count). The molecule has 0 aromatic carbocycles. The quantitative estimate of drug-likeness (QED) is 0.684. The zero-order valence-corrected chi connectivity index (χ0v) is 8.79. The molecule has 6 heteroatoms. The van der Waals surface area contributed by atoms with Crippen molar-refractivity contribution in [3.8, 4) is 0 Å². The van der Waals surface area contributed by atoms with Crippen LogP contribution in [0, 0.1) is 0 Å². The van der Waals surface area contributed by atoms with Crippen LogP contribution >= 0.6 is 11.8 Å². The van der Waals surface area contributed by atoms with Crippen LogP contribution in [0.2, 0.25) is 0 Å². The molecule has 0 saturated carbocycles. The fourth-order valence-corrected chi connectivity index (χ4v) is 1.66. The van der Waals surface area contributed by atoms with Crippen LogP contribution in [0.15, 0.2) is 17.6 Å². The number of nitrogens with zero attached hydrogens (tertiary/aromatic N) is 2. The minimum Gasteiger partial charge on any atom is -0.383 e. The van der Waals surface area contributed by atoms with Gasteiger partial charge in [0.1, 0.15) is 0 Å². The summed E-state index contributed by atoms with van der Waals surface area (Å²) in [4.78, 5) is 14.7. The van der Waals surface area contributed by atoms with E-state index in [0.29, 0.717) is 6.61 Å². The first-order valence-electron chi connectivity index (χ1n) is 4.15. The zero-order chi connectivity index (χ0) is 10.4. The van der Waals surface area contributed by atoms with Crippen molar-refractivity contribution in [3.63, 3.8) is 0 Å². The van der Waals surface area contributed by atoms with Crippen molar-refractivity contribution in [2.45, 2.75) is 11.7 Å². The van der Waals surface area contributed by atoms with Crippen molar-refractivity contribution in [2.24, 2.45) is 5.73 Å². The molecule has 1 heterocycles. The molecule has 0 radical (unpaired) electrons. The standard InChI is InChI=1S/C8H13N3O2S/c1-13-5-4-11-3-2-10-8(11)14-6-7(9)12/h2-3H,4-6H2,1H3,(H2,9,12). The van der Waals surface area contributed by atoms with Gasteiger partial charge in [-0.3, -0.25) is 4.79 Å². The molecule has 0 spiro atoms. The van der Waals surface area contributed by atoms with Gasteiger partial charge in [-0.15, -0.1) is 0 Å². The first kappa shape index (κ1) is 11.1. The van der Waals surface area contributed by atoms with E-state index in [9.17, 15) is 4.79 Å². The Morgan fingerprint density at radius 1 is 1.79 bits per heavy atom. The van der Waals surface area contributed by atoms with E-state index >= 15 is 0 Å². The number of nitrogens with two attached hydrogens (primary N) is 1. The van der Waals surface area contributed by atoms with Gasteiger partial charge in [-0.1, -0.05) is 11.8 Å². The molecule has 1 amide bonds. The van der Waals surface area contributed by atoms with E-state index in [2.05, 4.69) is 4.98 Å². The van der Waals surface area contributed by atoms with E-state index in [-0.39, 0.29) is 11.7 Å². The fraction of sp³-hybridized carbons (Fsp3) is 0.500. The van der Waals surface area contributed by atoms with E-state index in [1.54, 1.807) is 13.3 Å². The van der Waals surface area contributed by atoms with Crippen molar-refractivity contribution >= 4 is 17.7 Å². The first-order chi connectivity index (χ1) is 6.74. The normalized spacial score (nSPS) is 10.4. The molecule has 0 unspecified atom stereocenters. The van der Waals surface area contributed by atoms with Crippen molar-refractivity contribution in [2.75, 3.05) is 19.5 Å². The molecule has 1 aromatic rings. The summed E-state index contributed by atoms with van der Waals surface area (Å²) < 4.78 is 6.87. The third-order valence-electron chi connectivity index (χ3n) is 1.56. The summed E-state index contributed by atoms with van der Waals surface area (Å²) >= 11 is 1.33. The molecular weight excluding hydrogens is 202 g/mol. The van der Waals surface area contributed by atoms with Gasteiger partial charge in [-0.05, 0) is 0 Å². The fourth-order valence-electron chi connectivity index (χ4n) is 0.931. The van der Waals surface area contributed by atoms with Gasteiger partial charge in [0, 0.05) is 26.0 Å². The number of rotatable bonds is 6. The Balaban J connectivity index is 2.49. The summed E-state index contributed by atoms with van der Waals surface area (Å²) in [6.45, 7) is 1.36. The Labute approximate surface area is 86.6 Å².